The molecule has 0 saturated carbocycles. The molecule has 246 valence electrons. The fourth-order valence-corrected chi connectivity index (χ4v) is 7.45. The lowest BCUT2D eigenvalue weighted by Gasteiger charge is -2.29. The first kappa shape index (κ1) is 31.1. The van der Waals surface area contributed by atoms with E-state index in [1.165, 1.54) is 50.1 Å². The van der Waals surface area contributed by atoms with E-state index in [0.29, 0.717) is 0 Å². The summed E-state index contributed by atoms with van der Waals surface area (Å²) in [4.78, 5) is 0. The summed E-state index contributed by atoms with van der Waals surface area (Å²) in [6, 6.07) is 22.0. The first-order valence-corrected chi connectivity index (χ1v) is 17.2. The van der Waals surface area contributed by atoms with Gasteiger partial charge in [0, 0.05) is 17.1 Å². The molecule has 5 aliphatic rings. The maximum absolute atomic E-state index is 6.56. The van der Waals surface area contributed by atoms with Gasteiger partial charge in [-0.2, -0.15) is 0 Å². The highest BCUT2D eigenvalue weighted by atomic mass is 15.0. The van der Waals surface area contributed by atoms with E-state index in [-0.39, 0.29) is 18.1 Å². The van der Waals surface area contributed by atoms with Crippen LogP contribution in [0.1, 0.15) is 51.9 Å². The lowest BCUT2D eigenvalue weighted by Crippen LogP contribution is -2.36. The van der Waals surface area contributed by atoms with E-state index in [2.05, 4.69) is 150 Å². The number of fused-ring (bicyclic) bond motifs is 3. The molecule has 0 saturated heterocycles. The van der Waals surface area contributed by atoms with Crippen molar-refractivity contribution in [1.29, 1.82) is 0 Å². The predicted molar refractivity (Wildman–Crippen MR) is 211 cm³/mol. The zero-order valence-corrected chi connectivity index (χ0v) is 28.3. The minimum absolute atomic E-state index is 0.0242. The Kier molecular flexibility index (Phi) is 8.09. The zero-order valence-electron chi connectivity index (χ0n) is 28.3. The molecule has 0 aromatic heterocycles. The molecule has 3 aliphatic heterocycles. The van der Waals surface area contributed by atoms with Gasteiger partial charge in [0.25, 0.3) is 0 Å². The number of benzene rings is 3. The van der Waals surface area contributed by atoms with Crippen molar-refractivity contribution in [2.24, 2.45) is 11.5 Å². The second-order valence-electron chi connectivity index (χ2n) is 13.2. The minimum Gasteiger partial charge on any atom is -0.405 e. The maximum Gasteiger partial charge on any atom is 0.0920 e. The standard InChI is InChI=1S/C45H41N5/c1-3-5-34-16-19-39-38(23-25-48-45(39)44(34)47)31-10-8-30(9-11-31)35-14-12-32-17-20-40(49-42(32)26-35)36-15-13-33-18-21-41(50-43(33)27-36)37-7-4-6-29(22-24-46)28(37)2/h3-27,41-42,45,48-50H,46-47H2,1-2H3/b5-3-,24-22-. The van der Waals surface area contributed by atoms with Crippen LogP contribution in [0.3, 0.4) is 0 Å². The third kappa shape index (κ3) is 5.67. The number of nitrogens with one attached hydrogen (secondary N) is 3. The van der Waals surface area contributed by atoms with Crippen molar-refractivity contribution in [3.05, 3.63) is 201 Å². The van der Waals surface area contributed by atoms with Crippen molar-refractivity contribution in [3.63, 3.8) is 0 Å². The normalized spacial score (nSPS) is 22.0. The van der Waals surface area contributed by atoms with Gasteiger partial charge in [-0.3, -0.25) is 0 Å². The molecule has 3 unspecified atom stereocenters. The summed E-state index contributed by atoms with van der Waals surface area (Å²) in [5, 5.41) is 11.0. The third-order valence-corrected chi connectivity index (χ3v) is 10.2. The van der Waals surface area contributed by atoms with Crippen LogP contribution in [0.5, 0.6) is 0 Å². The van der Waals surface area contributed by atoms with E-state index in [1.54, 1.807) is 6.20 Å². The highest BCUT2D eigenvalue weighted by Gasteiger charge is 2.26. The Morgan fingerprint density at radius 3 is 2.46 bits per heavy atom. The monoisotopic (exact) mass is 651 g/mol. The molecule has 0 radical (unpaired) electrons. The van der Waals surface area contributed by atoms with Crippen molar-refractivity contribution in [3.8, 4) is 0 Å². The first-order valence-electron chi connectivity index (χ1n) is 17.2. The van der Waals surface area contributed by atoms with E-state index >= 15 is 0 Å². The molecule has 8 rings (SSSR count). The maximum atomic E-state index is 6.56. The Labute approximate surface area is 294 Å². The summed E-state index contributed by atoms with van der Waals surface area (Å²) in [7, 11) is 0. The molecule has 5 nitrogen and oxygen atoms in total. The van der Waals surface area contributed by atoms with E-state index in [9.17, 15) is 0 Å². The van der Waals surface area contributed by atoms with Crippen LogP contribution in [0.15, 0.2) is 162 Å². The second kappa shape index (κ2) is 13.0. The molecule has 2 aliphatic carbocycles. The minimum atomic E-state index is -0.0242. The molecule has 0 spiro atoms. The number of hydrogen-bond donors (Lipinski definition) is 5. The highest BCUT2D eigenvalue weighted by molar-refractivity contribution is 5.85. The highest BCUT2D eigenvalue weighted by Crippen LogP contribution is 2.37. The van der Waals surface area contributed by atoms with Crippen molar-refractivity contribution in [1.82, 2.24) is 10.6 Å². The number of rotatable bonds is 6. The van der Waals surface area contributed by atoms with Crippen molar-refractivity contribution in [2.45, 2.75) is 32.0 Å². The fraction of sp³-hybridized carbons (Fsp3) is 0.111. The van der Waals surface area contributed by atoms with Gasteiger partial charge in [-0.15, -0.1) is 0 Å². The summed E-state index contributed by atoms with van der Waals surface area (Å²) >= 11 is 0. The van der Waals surface area contributed by atoms with Crippen LogP contribution in [0.4, 0.5) is 5.69 Å². The smallest absolute Gasteiger partial charge is 0.0920 e. The third-order valence-electron chi connectivity index (χ3n) is 10.2. The Morgan fingerprint density at radius 2 is 1.62 bits per heavy atom. The Morgan fingerprint density at radius 1 is 0.780 bits per heavy atom. The lowest BCUT2D eigenvalue weighted by atomic mass is 9.85. The van der Waals surface area contributed by atoms with Crippen LogP contribution in [0, 0.1) is 6.92 Å². The molecule has 0 fully saturated rings. The number of nitrogens with two attached hydrogens (primary N) is 2. The van der Waals surface area contributed by atoms with Crippen LogP contribution >= 0.6 is 0 Å². The Balaban J connectivity index is 1.00. The quantitative estimate of drug-likeness (QED) is 0.184. The number of dihydropyridines is 2. The van der Waals surface area contributed by atoms with Crippen LogP contribution in [0.25, 0.3) is 29.0 Å². The van der Waals surface area contributed by atoms with Gasteiger partial charge < -0.3 is 27.4 Å². The molecular weight excluding hydrogens is 611 g/mol. The largest absolute Gasteiger partial charge is 0.405 e. The number of allylic oxidation sites excluding steroid dienone is 10. The summed E-state index contributed by atoms with van der Waals surface area (Å²) in [5.41, 5.74) is 29.5. The van der Waals surface area contributed by atoms with Crippen molar-refractivity contribution in [2.75, 3.05) is 5.32 Å². The molecule has 3 aromatic rings. The zero-order chi connectivity index (χ0) is 34.2. The second-order valence-corrected chi connectivity index (χ2v) is 13.2. The van der Waals surface area contributed by atoms with Gasteiger partial charge in [0.05, 0.1) is 18.1 Å². The molecule has 3 aromatic carbocycles. The average molecular weight is 652 g/mol. The Bertz CT molecular complexity index is 2230. The van der Waals surface area contributed by atoms with Gasteiger partial charge in [0.15, 0.2) is 0 Å². The van der Waals surface area contributed by atoms with Gasteiger partial charge in [-0.05, 0) is 117 Å². The van der Waals surface area contributed by atoms with Crippen LogP contribution in [0.2, 0.25) is 0 Å². The number of hydrogen-bond acceptors (Lipinski definition) is 5. The molecule has 3 heterocycles. The summed E-state index contributed by atoms with van der Waals surface area (Å²) in [5.74, 6) is 0. The van der Waals surface area contributed by atoms with Gasteiger partial charge in [-0.25, -0.2) is 0 Å². The molecule has 7 N–H and O–H groups in total. The molecule has 0 amide bonds. The lowest BCUT2D eigenvalue weighted by molar-refractivity contribution is 0.742. The Hall–Kier alpha value is -6.20. The summed E-state index contributed by atoms with van der Waals surface area (Å²) in [6.07, 6.45) is 31.7. The summed E-state index contributed by atoms with van der Waals surface area (Å²) < 4.78 is 0. The summed E-state index contributed by atoms with van der Waals surface area (Å²) in [6.45, 7) is 4.17. The van der Waals surface area contributed by atoms with Crippen molar-refractivity contribution < 1.29 is 0 Å². The molecule has 0 bridgehead atoms. The first-order chi connectivity index (χ1) is 24.5. The van der Waals surface area contributed by atoms with Gasteiger partial charge in [-0.1, -0.05) is 115 Å². The van der Waals surface area contributed by atoms with Crippen LogP contribution in [-0.4, -0.2) is 12.1 Å². The van der Waals surface area contributed by atoms with E-state index in [0.717, 1.165) is 33.8 Å². The average Bonchev–Trinajstić information content (AvgIpc) is 3.16. The predicted octanol–water partition coefficient (Wildman–Crippen LogP) is 8.59. The van der Waals surface area contributed by atoms with Crippen molar-refractivity contribution >= 4 is 34.7 Å². The van der Waals surface area contributed by atoms with E-state index in [1.807, 2.05) is 25.3 Å². The topological polar surface area (TPSA) is 88.1 Å². The van der Waals surface area contributed by atoms with Gasteiger partial charge >= 0.3 is 0 Å². The molecule has 50 heavy (non-hydrogen) atoms. The molecule has 3 atom stereocenters. The van der Waals surface area contributed by atoms with Gasteiger partial charge in [0.1, 0.15) is 0 Å². The fourth-order valence-electron chi connectivity index (χ4n) is 7.45. The van der Waals surface area contributed by atoms with Gasteiger partial charge in [0.2, 0.25) is 0 Å². The molecular formula is C45H41N5. The molecule has 5 heteroatoms. The SMILES string of the molecule is C/C=C\C1=C(N)C2NC=CC(c3ccc(C4=CC5NC(c6ccc7c(c6)NC(c6cccc(/C=C\N)c6C)C=C7)=CC=C5C=C4)cc3)=C2C=C1. The van der Waals surface area contributed by atoms with Crippen LogP contribution < -0.4 is 27.4 Å². The number of anilines is 1. The van der Waals surface area contributed by atoms with E-state index < -0.39 is 0 Å². The van der Waals surface area contributed by atoms with E-state index in [4.69, 9.17) is 11.5 Å². The van der Waals surface area contributed by atoms with Crippen LogP contribution in [-0.2, 0) is 0 Å².